The maximum absolute atomic E-state index is 13.7. The molecule has 1 aromatic carbocycles. The number of nitrogens with one attached hydrogen (secondary N) is 2. The third kappa shape index (κ3) is 2.96. The van der Waals surface area contributed by atoms with Crippen LogP contribution >= 0.6 is 0 Å². The molecule has 1 aliphatic carbocycles. The van der Waals surface area contributed by atoms with Gasteiger partial charge in [-0.25, -0.2) is 0 Å². The Hall–Kier alpha value is -2.94. The van der Waals surface area contributed by atoms with E-state index >= 15 is 0 Å². The van der Waals surface area contributed by atoms with Gasteiger partial charge in [0.2, 0.25) is 5.91 Å². The summed E-state index contributed by atoms with van der Waals surface area (Å²) in [5.41, 5.74) is 2.09. The van der Waals surface area contributed by atoms with Gasteiger partial charge >= 0.3 is 5.97 Å². The first-order valence-electron chi connectivity index (χ1n) is 9.94. The lowest BCUT2D eigenvalue weighted by Gasteiger charge is -2.42. The highest BCUT2D eigenvalue weighted by molar-refractivity contribution is 5.90. The minimum absolute atomic E-state index is 0.0367. The van der Waals surface area contributed by atoms with Gasteiger partial charge in [0.1, 0.15) is 12.6 Å². The topological polar surface area (TPSA) is 92.9 Å². The number of nitrogens with zero attached hydrogens (tertiary/aromatic N) is 1. The molecule has 1 fully saturated rings. The van der Waals surface area contributed by atoms with E-state index in [1.54, 1.807) is 12.2 Å². The molecular formula is C22H23N3O5. The number of fused-ring (bicyclic) bond motifs is 4. The number of methoxy groups -OCH3 is 1. The Bertz CT molecular complexity index is 1060. The smallest absolute Gasteiger partial charge is 0.325 e. The van der Waals surface area contributed by atoms with Crippen LogP contribution in [0.1, 0.15) is 11.3 Å². The maximum atomic E-state index is 13.7. The van der Waals surface area contributed by atoms with E-state index in [1.165, 1.54) is 12.0 Å². The van der Waals surface area contributed by atoms with Crippen LogP contribution in [0.25, 0.3) is 10.9 Å². The molecule has 1 aromatic heterocycles. The molecule has 8 heteroatoms. The maximum Gasteiger partial charge on any atom is 0.325 e. The number of hydrogen-bond acceptors (Lipinski definition) is 6. The van der Waals surface area contributed by atoms with Crippen molar-refractivity contribution < 1.29 is 23.8 Å². The van der Waals surface area contributed by atoms with Crippen molar-refractivity contribution >= 4 is 22.8 Å². The molecule has 2 N–H and O–H groups in total. The molecule has 3 aliphatic rings. The second kappa shape index (κ2) is 7.39. The molecule has 3 heterocycles. The summed E-state index contributed by atoms with van der Waals surface area (Å²) in [5, 5.41) is 4.42. The van der Waals surface area contributed by atoms with E-state index in [9.17, 15) is 9.59 Å². The van der Waals surface area contributed by atoms with Crippen LogP contribution < -0.4 is 5.32 Å². The first-order chi connectivity index (χ1) is 14.6. The lowest BCUT2D eigenvalue weighted by atomic mass is 9.94. The van der Waals surface area contributed by atoms with E-state index in [0.29, 0.717) is 13.0 Å². The second-order valence-corrected chi connectivity index (χ2v) is 7.61. The van der Waals surface area contributed by atoms with Gasteiger partial charge < -0.3 is 19.2 Å². The van der Waals surface area contributed by atoms with Crippen LogP contribution in [0, 0.1) is 0 Å². The van der Waals surface area contributed by atoms with Crippen LogP contribution in [0.15, 0.2) is 48.6 Å². The van der Waals surface area contributed by atoms with E-state index < -0.39 is 23.8 Å². The summed E-state index contributed by atoms with van der Waals surface area (Å²) in [6.45, 7) is 0.345. The summed E-state index contributed by atoms with van der Waals surface area (Å²) in [5.74, 6) is -0.745. The van der Waals surface area contributed by atoms with Crippen LogP contribution in [0.2, 0.25) is 0 Å². The van der Waals surface area contributed by atoms with Gasteiger partial charge in [0.25, 0.3) is 0 Å². The number of para-hydroxylation sites is 1. The Morgan fingerprint density at radius 1 is 1.30 bits per heavy atom. The average Bonchev–Trinajstić information content (AvgIpc) is 3.38. The van der Waals surface area contributed by atoms with Crippen molar-refractivity contribution in [1.29, 1.82) is 0 Å². The van der Waals surface area contributed by atoms with Crippen molar-refractivity contribution in [3.05, 3.63) is 59.8 Å². The molecule has 8 nitrogen and oxygen atoms in total. The van der Waals surface area contributed by atoms with Gasteiger partial charge in [-0.2, -0.15) is 0 Å². The number of amides is 1. The Kier molecular flexibility index (Phi) is 4.69. The van der Waals surface area contributed by atoms with Crippen molar-refractivity contribution in [2.45, 2.75) is 30.8 Å². The van der Waals surface area contributed by atoms with Crippen LogP contribution in [0.4, 0.5) is 0 Å². The third-order valence-electron chi connectivity index (χ3n) is 6.01. The van der Waals surface area contributed by atoms with Gasteiger partial charge in [0.15, 0.2) is 12.5 Å². The fourth-order valence-corrected chi connectivity index (χ4v) is 4.49. The third-order valence-corrected chi connectivity index (χ3v) is 6.01. The Morgan fingerprint density at radius 3 is 3.03 bits per heavy atom. The van der Waals surface area contributed by atoms with Crippen molar-refractivity contribution in [2.24, 2.45) is 0 Å². The highest BCUT2D eigenvalue weighted by Gasteiger charge is 2.52. The first-order valence-corrected chi connectivity index (χ1v) is 9.94. The van der Waals surface area contributed by atoms with Crippen LogP contribution in [0.5, 0.6) is 0 Å². The number of carbonyl (C=O) groups excluding carboxylic acids is 2. The minimum Gasteiger partial charge on any atom is -0.468 e. The van der Waals surface area contributed by atoms with Crippen molar-refractivity contribution in [1.82, 2.24) is 15.2 Å². The number of hydrogen-bond donors (Lipinski definition) is 2. The number of benzene rings is 1. The summed E-state index contributed by atoms with van der Waals surface area (Å²) < 4.78 is 16.4. The predicted molar refractivity (Wildman–Crippen MR) is 108 cm³/mol. The molecule has 1 unspecified atom stereocenters. The van der Waals surface area contributed by atoms with Crippen LogP contribution in [0.3, 0.4) is 0 Å². The summed E-state index contributed by atoms with van der Waals surface area (Å²) in [7, 11) is 1.31. The second-order valence-electron chi connectivity index (χ2n) is 7.61. The van der Waals surface area contributed by atoms with E-state index in [0.717, 1.165) is 22.2 Å². The van der Waals surface area contributed by atoms with E-state index in [4.69, 9.17) is 14.2 Å². The molecule has 0 spiro atoms. The van der Waals surface area contributed by atoms with E-state index in [-0.39, 0.29) is 19.2 Å². The fraction of sp³-hybridized carbons (Fsp3) is 0.364. The number of allylic oxidation sites excluding steroid dienone is 2. The lowest BCUT2D eigenvalue weighted by molar-refractivity contribution is -0.166. The lowest BCUT2D eigenvalue weighted by Crippen LogP contribution is -2.62. The SMILES string of the molecule is COC(=O)CN(C(=O)[C@@H]1Cc2c([nH]c3ccccc23)CN1)[C@]12C=CC=CC1OCO2. The van der Waals surface area contributed by atoms with Gasteiger partial charge in [-0.1, -0.05) is 36.4 Å². The fourth-order valence-electron chi connectivity index (χ4n) is 4.49. The molecule has 2 aromatic rings. The normalized spacial score (nSPS) is 27.0. The largest absolute Gasteiger partial charge is 0.468 e. The van der Waals surface area contributed by atoms with Gasteiger partial charge in [-0.3, -0.25) is 19.8 Å². The number of H-pyrrole nitrogens is 1. The van der Waals surface area contributed by atoms with E-state index in [2.05, 4.69) is 16.4 Å². The first kappa shape index (κ1) is 19.0. The highest BCUT2D eigenvalue weighted by Crippen LogP contribution is 2.36. The Labute approximate surface area is 173 Å². The Morgan fingerprint density at radius 2 is 2.17 bits per heavy atom. The van der Waals surface area contributed by atoms with Gasteiger partial charge in [0, 0.05) is 23.1 Å². The molecule has 5 rings (SSSR count). The standard InChI is InChI=1S/C22H23N3O5/c1-28-20(26)12-25(22-9-5-4-8-19(22)29-13-30-22)21(27)17-10-15-14-6-2-3-7-16(14)24-18(15)11-23-17/h2-9,17,19,23-24H,10-13H2,1H3/t17-,19?,22-/m0/s1. The predicted octanol–water partition coefficient (Wildman–Crippen LogP) is 1.38. The molecule has 1 saturated heterocycles. The molecule has 0 radical (unpaired) electrons. The van der Waals surface area contributed by atoms with Crippen LogP contribution in [-0.4, -0.2) is 60.1 Å². The van der Waals surface area contributed by atoms with E-state index in [1.807, 2.05) is 30.4 Å². The molecule has 3 atom stereocenters. The number of ether oxygens (including phenoxy) is 3. The molecule has 1 amide bonds. The van der Waals surface area contributed by atoms with Crippen LogP contribution in [-0.2, 0) is 36.8 Å². The zero-order valence-corrected chi connectivity index (χ0v) is 16.6. The van der Waals surface area contributed by atoms with Crippen molar-refractivity contribution in [3.8, 4) is 0 Å². The number of esters is 1. The number of rotatable bonds is 4. The molecule has 30 heavy (non-hydrogen) atoms. The summed E-state index contributed by atoms with van der Waals surface area (Å²) >= 11 is 0. The zero-order chi connectivity index (χ0) is 20.7. The quantitative estimate of drug-likeness (QED) is 0.742. The minimum atomic E-state index is -1.16. The van der Waals surface area contributed by atoms with Gasteiger partial charge in [-0.15, -0.1) is 0 Å². The molecular weight excluding hydrogens is 386 g/mol. The molecule has 0 bridgehead atoms. The highest BCUT2D eigenvalue weighted by atomic mass is 16.7. The zero-order valence-electron chi connectivity index (χ0n) is 16.6. The average molecular weight is 409 g/mol. The molecule has 2 aliphatic heterocycles. The number of aromatic nitrogens is 1. The Balaban J connectivity index is 1.48. The van der Waals surface area contributed by atoms with Crippen molar-refractivity contribution in [3.63, 3.8) is 0 Å². The van der Waals surface area contributed by atoms with Crippen molar-refractivity contribution in [2.75, 3.05) is 20.4 Å². The van der Waals surface area contributed by atoms with Gasteiger partial charge in [-0.05, 0) is 24.1 Å². The molecule has 0 saturated carbocycles. The summed E-state index contributed by atoms with van der Waals surface area (Å²) in [6, 6.07) is 7.56. The molecule has 156 valence electrons. The number of aromatic amines is 1. The number of carbonyl (C=O) groups is 2. The van der Waals surface area contributed by atoms with Gasteiger partial charge in [0.05, 0.1) is 13.2 Å². The summed E-state index contributed by atoms with van der Waals surface area (Å²) in [4.78, 5) is 30.8. The summed E-state index contributed by atoms with van der Waals surface area (Å²) in [6.07, 6.45) is 7.27. The monoisotopic (exact) mass is 409 g/mol.